The molecule has 8 heterocycles. The van der Waals surface area contributed by atoms with Crippen LogP contribution in [0.5, 0.6) is 11.5 Å². The molecule has 2 amide bonds. The molecule has 0 aliphatic heterocycles. The average Bonchev–Trinajstić information content (AvgIpc) is 0.828. The van der Waals surface area contributed by atoms with Gasteiger partial charge in [0, 0.05) is 76.1 Å². The zero-order valence-electron chi connectivity index (χ0n) is 50.4. The third-order valence-electron chi connectivity index (χ3n) is 12.3. The zero-order valence-corrected chi connectivity index (χ0v) is 54.9. The molecule has 0 fully saturated rings. The summed E-state index contributed by atoms with van der Waals surface area (Å²) < 4.78 is 80.2. The van der Waals surface area contributed by atoms with Crippen LogP contribution in [0.4, 0.5) is 0 Å². The fourth-order valence-electron chi connectivity index (χ4n) is 8.27. The number of hydrogen-bond donors (Lipinski definition) is 0. The second-order valence-corrected chi connectivity index (χ2v) is 21.2. The van der Waals surface area contributed by atoms with Crippen molar-refractivity contribution in [2.45, 2.75) is 13.2 Å². The van der Waals surface area contributed by atoms with Crippen LogP contribution in [0.3, 0.4) is 0 Å². The molecular formula is C68H58Ag2Cl2N10O12. The van der Waals surface area contributed by atoms with Gasteiger partial charge in [0.2, 0.25) is 12.8 Å². The molecular weight excluding hydrogens is 1440 g/mol. The Bertz CT molecular complexity index is 3820. The Hall–Kier alpha value is -9.12. The van der Waals surface area contributed by atoms with E-state index in [4.69, 9.17) is 56.7 Å². The van der Waals surface area contributed by atoms with Crippen LogP contribution < -0.4 is 46.7 Å². The van der Waals surface area contributed by atoms with E-state index in [2.05, 4.69) is 103 Å². The van der Waals surface area contributed by atoms with Crippen molar-refractivity contribution >= 4 is 34.6 Å². The Labute approximate surface area is 577 Å². The van der Waals surface area contributed by atoms with Crippen molar-refractivity contribution in [3.63, 3.8) is 0 Å². The minimum absolute atomic E-state index is 0. The van der Waals surface area contributed by atoms with Crippen LogP contribution in [0, 0.1) is 20.5 Å². The number of carbonyl (C=O) groups excluding carboxylic acids is 2. The SMILES string of the molecule is CN(C)C=O.CN(C)C=O.[Ag+].[Ag+].[O-][Cl+3]([O-])([O-])[O-].[O-][Cl+3]([O-])([O-])[O-].c1ccc(-c2cc(-c3ccc(COc4cccc5cccnc45)cc3)cc(-c3ccccn3)n2)nc1.c1ccc(-c2cc(-c3ccc(COc4cccc5cccnc45)cc3)cc(-c3ccccn3)n2)nc1. The van der Waals surface area contributed by atoms with E-state index < -0.39 is 20.5 Å². The number of ether oxygens (including phenoxy) is 2. The summed E-state index contributed by atoms with van der Waals surface area (Å²) in [6.07, 6.45) is 12.2. The maximum atomic E-state index is 9.43. The van der Waals surface area contributed by atoms with E-state index in [1.54, 1.807) is 65.4 Å². The molecule has 0 N–H and O–H groups in total. The predicted molar refractivity (Wildman–Crippen MR) is 324 cm³/mol. The molecule has 0 radical (unpaired) electrons. The molecule has 0 aliphatic carbocycles. The molecule has 12 aromatic rings. The molecule has 4 aromatic carbocycles. The van der Waals surface area contributed by atoms with E-state index >= 15 is 0 Å². The van der Waals surface area contributed by atoms with Gasteiger partial charge in [-0.15, -0.1) is 20.5 Å². The van der Waals surface area contributed by atoms with Crippen LogP contribution in [0.2, 0.25) is 0 Å². The predicted octanol–water partition coefficient (Wildman–Crippen LogP) is 3.89. The van der Waals surface area contributed by atoms with E-state index in [-0.39, 0.29) is 44.8 Å². The number of aromatic nitrogens is 8. The number of pyridine rings is 8. The van der Waals surface area contributed by atoms with Crippen LogP contribution in [0.1, 0.15) is 11.1 Å². The fraction of sp³-hybridized carbons (Fsp3) is 0.0882. The standard InChI is InChI=1S/2C31H22N4O.2C3H7NO.2Ag.2ClHO4/c2*1-3-16-32-26(9-1)28-19-25(20-29(35-28)27-10-2-4-17-33-27)23-14-12-22(13-15-23)21-36-30-11-5-7-24-8-6-18-34-31(24)30;2*1-4(2)3-5;;;2*2-1(3,4)5/h2*1-20H,21H2;2*3H,1-2H3;;;2*(H,2,3,4,5)/q;;;;2*+1;;/p-2. The second-order valence-electron chi connectivity index (χ2n) is 19.6. The van der Waals surface area contributed by atoms with E-state index in [0.29, 0.717) is 13.2 Å². The summed E-state index contributed by atoms with van der Waals surface area (Å²) in [4.78, 5) is 58.4. The molecule has 12 rings (SSSR count). The molecule has 0 atom stereocenters. The molecule has 0 saturated carbocycles. The van der Waals surface area contributed by atoms with Gasteiger partial charge in [-0.25, -0.2) is 47.2 Å². The summed E-state index contributed by atoms with van der Waals surface area (Å²) in [7, 11) is -3.14. The van der Waals surface area contributed by atoms with Crippen LogP contribution in [-0.2, 0) is 67.6 Å². The first-order chi connectivity index (χ1) is 44.2. The topological polar surface area (TPSA) is 347 Å². The summed E-state index contributed by atoms with van der Waals surface area (Å²) in [5, 5.41) is 2.13. The molecule has 26 heteroatoms. The van der Waals surface area contributed by atoms with Gasteiger partial charge in [0.05, 0.1) is 45.6 Å². The maximum Gasteiger partial charge on any atom is 1.00 e. The van der Waals surface area contributed by atoms with Crippen molar-refractivity contribution in [3.8, 4) is 79.3 Å². The smallest absolute Gasteiger partial charge is 0.487 e. The average molecular weight is 1490 g/mol. The summed E-state index contributed by atoms with van der Waals surface area (Å²) in [5.41, 5.74) is 14.7. The molecule has 488 valence electrons. The first-order valence-corrected chi connectivity index (χ1v) is 30.0. The zero-order chi connectivity index (χ0) is 65.9. The number of benzene rings is 4. The third-order valence-corrected chi connectivity index (χ3v) is 12.3. The molecule has 8 aromatic heterocycles. The molecule has 0 saturated heterocycles. The number of rotatable bonds is 14. The third kappa shape index (κ3) is 25.8. The largest absolute Gasteiger partial charge is 1.00 e. The van der Waals surface area contributed by atoms with Gasteiger partial charge < -0.3 is 19.3 Å². The first kappa shape index (κ1) is 75.6. The van der Waals surface area contributed by atoms with Gasteiger partial charge >= 0.3 is 44.8 Å². The minimum Gasteiger partial charge on any atom is -0.487 e. The van der Waals surface area contributed by atoms with Gasteiger partial charge in [-0.05, 0) is 130 Å². The van der Waals surface area contributed by atoms with Crippen molar-refractivity contribution in [1.82, 2.24) is 49.7 Å². The fourth-order valence-corrected chi connectivity index (χ4v) is 8.27. The van der Waals surface area contributed by atoms with Gasteiger partial charge in [0.25, 0.3) is 0 Å². The number of hydrogen-bond acceptors (Lipinski definition) is 20. The summed E-state index contributed by atoms with van der Waals surface area (Å²) in [6, 6.07) is 68.4. The van der Waals surface area contributed by atoms with E-state index in [9.17, 15) is 9.59 Å². The van der Waals surface area contributed by atoms with Crippen molar-refractivity contribution in [3.05, 3.63) is 255 Å². The van der Waals surface area contributed by atoms with E-state index in [0.717, 1.165) is 125 Å². The Kier molecular flexibility index (Phi) is 30.7. The van der Waals surface area contributed by atoms with Gasteiger partial charge in [-0.2, -0.15) is 0 Å². The van der Waals surface area contributed by atoms with Gasteiger partial charge in [-0.1, -0.05) is 109 Å². The van der Waals surface area contributed by atoms with Crippen LogP contribution in [0.25, 0.3) is 89.6 Å². The second kappa shape index (κ2) is 38.2. The summed E-state index contributed by atoms with van der Waals surface area (Å²) >= 11 is 0. The molecule has 0 aliphatic rings. The molecule has 0 unspecified atom stereocenters. The molecule has 22 nitrogen and oxygen atoms in total. The Morgan fingerprint density at radius 1 is 0.340 bits per heavy atom. The van der Waals surface area contributed by atoms with Crippen LogP contribution in [0.15, 0.2) is 243 Å². The minimum atomic E-state index is -4.94. The molecule has 0 spiro atoms. The van der Waals surface area contributed by atoms with Crippen LogP contribution in [-0.4, -0.2) is 90.7 Å². The Balaban J connectivity index is 0.000000260. The number of amides is 2. The van der Waals surface area contributed by atoms with Gasteiger partial charge in [-0.3, -0.25) is 39.5 Å². The summed E-state index contributed by atoms with van der Waals surface area (Å²) in [6.45, 7) is 0.926. The Morgan fingerprint density at radius 2 is 0.606 bits per heavy atom. The van der Waals surface area contributed by atoms with Crippen LogP contribution >= 0.6 is 0 Å². The van der Waals surface area contributed by atoms with Crippen molar-refractivity contribution in [2.24, 2.45) is 0 Å². The summed E-state index contributed by atoms with van der Waals surface area (Å²) in [5.74, 6) is 1.57. The first-order valence-electron chi connectivity index (χ1n) is 27.5. The number of fused-ring (bicyclic) bond motifs is 2. The van der Waals surface area contributed by atoms with Gasteiger partial charge in [0.1, 0.15) is 35.7 Å². The van der Waals surface area contributed by atoms with E-state index in [1.165, 1.54) is 9.80 Å². The van der Waals surface area contributed by atoms with E-state index in [1.807, 2.05) is 133 Å². The Morgan fingerprint density at radius 3 is 0.862 bits per heavy atom. The quantitative estimate of drug-likeness (QED) is 0.110. The number of para-hydroxylation sites is 2. The number of carbonyl (C=O) groups is 2. The number of halogens is 2. The normalized spacial score (nSPS) is 10.3. The monoisotopic (exact) mass is 1490 g/mol. The number of nitrogens with zero attached hydrogens (tertiary/aromatic N) is 10. The van der Waals surface area contributed by atoms with Crippen molar-refractivity contribution in [2.75, 3.05) is 28.2 Å². The molecule has 94 heavy (non-hydrogen) atoms. The van der Waals surface area contributed by atoms with Gasteiger partial charge in [0.15, 0.2) is 0 Å². The van der Waals surface area contributed by atoms with Crippen molar-refractivity contribution < 1.29 is 122 Å². The molecule has 0 bridgehead atoms. The maximum absolute atomic E-state index is 9.43. The van der Waals surface area contributed by atoms with Crippen molar-refractivity contribution in [1.29, 1.82) is 0 Å².